The van der Waals surface area contributed by atoms with Gasteiger partial charge in [0.15, 0.2) is 0 Å². The van der Waals surface area contributed by atoms with Crippen LogP contribution >= 0.6 is 0 Å². The number of likely N-dealkylation sites (N-methyl/N-ethyl adjacent to an activating group) is 1. The van der Waals surface area contributed by atoms with E-state index in [1.54, 1.807) is 0 Å². The smallest absolute Gasteiger partial charge is 0.308 e. The first-order chi connectivity index (χ1) is 8.65. The van der Waals surface area contributed by atoms with Crippen molar-refractivity contribution < 1.29 is 19.4 Å². The molecule has 2 N–H and O–H groups in total. The van der Waals surface area contributed by atoms with Crippen LogP contribution in [0.15, 0.2) is 0 Å². The SMILES string of the molecule is CCNC(=O)C1COCCN1C1CCC1C(=O)O. The predicted molar refractivity (Wildman–Crippen MR) is 64.1 cm³/mol. The largest absolute Gasteiger partial charge is 0.481 e. The number of ether oxygens (including phenoxy) is 1. The van der Waals surface area contributed by atoms with Crippen molar-refractivity contribution in [3.63, 3.8) is 0 Å². The van der Waals surface area contributed by atoms with E-state index in [4.69, 9.17) is 9.84 Å². The Morgan fingerprint density at radius 3 is 2.78 bits per heavy atom. The quantitative estimate of drug-likeness (QED) is 0.721. The maximum absolute atomic E-state index is 11.9. The van der Waals surface area contributed by atoms with Crippen LogP contribution < -0.4 is 5.32 Å². The minimum Gasteiger partial charge on any atom is -0.481 e. The van der Waals surface area contributed by atoms with Gasteiger partial charge in [-0.2, -0.15) is 0 Å². The van der Waals surface area contributed by atoms with Gasteiger partial charge in [0, 0.05) is 19.1 Å². The fraction of sp³-hybridized carbons (Fsp3) is 0.833. The molecule has 1 saturated carbocycles. The van der Waals surface area contributed by atoms with E-state index in [0.29, 0.717) is 32.7 Å². The van der Waals surface area contributed by atoms with Crippen LogP contribution in [-0.2, 0) is 14.3 Å². The Morgan fingerprint density at radius 2 is 2.22 bits per heavy atom. The lowest BCUT2D eigenvalue weighted by Crippen LogP contribution is -2.62. The number of nitrogens with one attached hydrogen (secondary N) is 1. The molecule has 1 aliphatic carbocycles. The van der Waals surface area contributed by atoms with E-state index >= 15 is 0 Å². The van der Waals surface area contributed by atoms with Gasteiger partial charge >= 0.3 is 5.97 Å². The summed E-state index contributed by atoms with van der Waals surface area (Å²) in [5.41, 5.74) is 0. The van der Waals surface area contributed by atoms with Gasteiger partial charge in [0.2, 0.25) is 5.91 Å². The number of nitrogens with zero attached hydrogens (tertiary/aromatic N) is 1. The third kappa shape index (κ3) is 2.49. The molecule has 6 heteroatoms. The molecule has 6 nitrogen and oxygen atoms in total. The summed E-state index contributed by atoms with van der Waals surface area (Å²) >= 11 is 0. The normalized spacial score (nSPS) is 32.6. The minimum atomic E-state index is -0.757. The number of amides is 1. The number of hydrogen-bond donors (Lipinski definition) is 2. The maximum atomic E-state index is 11.9. The number of aliphatic carboxylic acids is 1. The molecule has 0 aromatic rings. The zero-order valence-electron chi connectivity index (χ0n) is 10.6. The van der Waals surface area contributed by atoms with Gasteiger partial charge in [-0.15, -0.1) is 0 Å². The van der Waals surface area contributed by atoms with Crippen molar-refractivity contribution in [3.8, 4) is 0 Å². The topological polar surface area (TPSA) is 78.9 Å². The summed E-state index contributed by atoms with van der Waals surface area (Å²) in [6.07, 6.45) is 1.56. The molecule has 1 saturated heterocycles. The molecule has 3 atom stereocenters. The van der Waals surface area contributed by atoms with Gasteiger partial charge in [-0.1, -0.05) is 0 Å². The highest BCUT2D eigenvalue weighted by molar-refractivity contribution is 5.82. The van der Waals surface area contributed by atoms with Gasteiger partial charge in [-0.05, 0) is 19.8 Å². The fourth-order valence-electron chi connectivity index (χ4n) is 2.70. The first-order valence-electron chi connectivity index (χ1n) is 6.49. The number of morpholine rings is 1. The van der Waals surface area contributed by atoms with Crippen LogP contribution in [0.2, 0.25) is 0 Å². The number of carbonyl (C=O) groups is 2. The van der Waals surface area contributed by atoms with Crippen LogP contribution in [0.1, 0.15) is 19.8 Å². The van der Waals surface area contributed by atoms with Crippen molar-refractivity contribution in [2.75, 3.05) is 26.3 Å². The minimum absolute atomic E-state index is 0.0148. The molecule has 2 rings (SSSR count). The highest BCUT2D eigenvalue weighted by Crippen LogP contribution is 2.34. The summed E-state index contributed by atoms with van der Waals surface area (Å²) in [6, 6.07) is -0.357. The Bertz CT molecular complexity index is 334. The van der Waals surface area contributed by atoms with Crippen LogP contribution in [0, 0.1) is 5.92 Å². The molecular weight excluding hydrogens is 236 g/mol. The summed E-state index contributed by atoms with van der Waals surface area (Å²) < 4.78 is 5.34. The van der Waals surface area contributed by atoms with Crippen LogP contribution in [0.5, 0.6) is 0 Å². The van der Waals surface area contributed by atoms with Gasteiger partial charge < -0.3 is 15.2 Å². The lowest BCUT2D eigenvalue weighted by Gasteiger charge is -2.47. The van der Waals surface area contributed by atoms with Crippen molar-refractivity contribution in [2.45, 2.75) is 31.8 Å². The standard InChI is InChI=1S/C12H20N2O4/c1-2-13-11(15)10-7-18-6-5-14(10)9-4-3-8(9)12(16)17/h8-10H,2-7H2,1H3,(H,13,15)(H,16,17). The zero-order valence-corrected chi connectivity index (χ0v) is 10.6. The molecule has 18 heavy (non-hydrogen) atoms. The lowest BCUT2D eigenvalue weighted by atomic mass is 9.77. The van der Waals surface area contributed by atoms with E-state index in [-0.39, 0.29) is 23.9 Å². The van der Waals surface area contributed by atoms with Crippen LogP contribution in [0.25, 0.3) is 0 Å². The number of hydrogen-bond acceptors (Lipinski definition) is 4. The second-order valence-corrected chi connectivity index (χ2v) is 4.81. The Morgan fingerprint density at radius 1 is 1.44 bits per heavy atom. The third-order valence-electron chi connectivity index (χ3n) is 3.80. The maximum Gasteiger partial charge on any atom is 0.308 e. The Labute approximate surface area is 106 Å². The van der Waals surface area contributed by atoms with Crippen molar-refractivity contribution in [1.82, 2.24) is 10.2 Å². The first-order valence-corrected chi connectivity index (χ1v) is 6.49. The van der Waals surface area contributed by atoms with Crippen molar-refractivity contribution >= 4 is 11.9 Å². The fourth-order valence-corrected chi connectivity index (χ4v) is 2.70. The third-order valence-corrected chi connectivity index (χ3v) is 3.80. The molecule has 0 aromatic heterocycles. The van der Waals surface area contributed by atoms with Crippen molar-refractivity contribution in [1.29, 1.82) is 0 Å². The summed E-state index contributed by atoms with van der Waals surface area (Å²) in [4.78, 5) is 25.0. The molecule has 0 bridgehead atoms. The molecule has 102 valence electrons. The Kier molecular flexibility index (Phi) is 4.19. The highest BCUT2D eigenvalue weighted by atomic mass is 16.5. The number of carbonyl (C=O) groups excluding carboxylic acids is 1. The van der Waals surface area contributed by atoms with Crippen molar-refractivity contribution in [2.24, 2.45) is 5.92 Å². The second-order valence-electron chi connectivity index (χ2n) is 4.81. The molecule has 2 fully saturated rings. The van der Waals surface area contributed by atoms with Gasteiger partial charge in [0.1, 0.15) is 6.04 Å². The first kappa shape index (κ1) is 13.3. The molecule has 0 spiro atoms. The summed E-state index contributed by atoms with van der Waals surface area (Å²) in [7, 11) is 0. The molecular formula is C12H20N2O4. The van der Waals surface area contributed by atoms with Crippen LogP contribution in [-0.4, -0.2) is 60.3 Å². The van der Waals surface area contributed by atoms with E-state index in [9.17, 15) is 9.59 Å². The van der Waals surface area contributed by atoms with Gasteiger partial charge in [-0.3, -0.25) is 14.5 Å². The average molecular weight is 256 g/mol. The van der Waals surface area contributed by atoms with E-state index in [1.807, 2.05) is 11.8 Å². The van der Waals surface area contributed by atoms with E-state index in [2.05, 4.69) is 5.32 Å². The van der Waals surface area contributed by atoms with Gasteiger partial charge in [0.05, 0.1) is 19.1 Å². The molecule has 0 radical (unpaired) electrons. The van der Waals surface area contributed by atoms with Crippen LogP contribution in [0.3, 0.4) is 0 Å². The average Bonchev–Trinajstić information content (AvgIpc) is 2.27. The number of carboxylic acids is 1. The zero-order chi connectivity index (χ0) is 13.1. The van der Waals surface area contributed by atoms with Crippen molar-refractivity contribution in [3.05, 3.63) is 0 Å². The van der Waals surface area contributed by atoms with Gasteiger partial charge in [0.25, 0.3) is 0 Å². The summed E-state index contributed by atoms with van der Waals surface area (Å²) in [5, 5.41) is 11.9. The van der Waals surface area contributed by atoms with E-state index < -0.39 is 5.97 Å². The molecule has 1 heterocycles. The lowest BCUT2D eigenvalue weighted by molar-refractivity contribution is -0.156. The van der Waals surface area contributed by atoms with E-state index in [0.717, 1.165) is 6.42 Å². The molecule has 2 aliphatic rings. The number of rotatable bonds is 4. The number of carboxylic acid groups (broad SMARTS) is 1. The monoisotopic (exact) mass is 256 g/mol. The summed E-state index contributed by atoms with van der Waals surface area (Å²) in [5.74, 6) is -1.15. The van der Waals surface area contributed by atoms with Gasteiger partial charge in [-0.25, -0.2) is 0 Å². The Hall–Kier alpha value is -1.14. The second kappa shape index (κ2) is 5.67. The Balaban J connectivity index is 2.03. The van der Waals surface area contributed by atoms with E-state index in [1.165, 1.54) is 0 Å². The molecule has 3 unspecified atom stereocenters. The molecule has 1 amide bonds. The molecule has 0 aromatic carbocycles. The predicted octanol–water partition coefficient (Wildman–Crippen LogP) is -0.313. The summed E-state index contributed by atoms with van der Waals surface area (Å²) in [6.45, 7) is 4.01. The van der Waals surface area contributed by atoms with Crippen LogP contribution in [0.4, 0.5) is 0 Å². The molecule has 1 aliphatic heterocycles. The highest BCUT2D eigenvalue weighted by Gasteiger charge is 2.45.